The number of carbonyl (C=O) groups is 7. The molecule has 0 radical (unpaired) electrons. The quantitative estimate of drug-likeness (QED) is 0.0904. The van der Waals surface area contributed by atoms with Gasteiger partial charge < -0.3 is 47.6 Å². The van der Waals surface area contributed by atoms with Gasteiger partial charge in [-0.3, -0.25) is 38.6 Å². The molecule has 226 valence electrons. The van der Waals surface area contributed by atoms with Gasteiger partial charge in [-0.1, -0.05) is 0 Å². The third-order valence-corrected chi connectivity index (χ3v) is 7.14. The average molecular weight is 580 g/mol. The molecule has 9 N–H and O–H groups in total. The molecule has 41 heavy (non-hydrogen) atoms. The van der Waals surface area contributed by atoms with Crippen molar-refractivity contribution in [3.63, 3.8) is 0 Å². The predicted octanol–water partition coefficient (Wildman–Crippen LogP) is -4.29. The maximum atomic E-state index is 13.5. The van der Waals surface area contributed by atoms with Gasteiger partial charge >= 0.3 is 5.97 Å². The standard InChI is InChI=1S/C24H37N9O8/c25-24(26)27-7-1-4-13-20(38)28-11-17(34)30-14(10-19(36)37)21(39)29-12-18(35)32-8-3-6-16(32)23(41)33-9-2-5-15(33)22(40)31-13/h13-16H,1-12H2,(H,28,38)(H,29,39)(H,30,34)(H,31,40)(H,36,37)(H4,25,26,27)/t13-,14-,15+,16-/m1/s1. The van der Waals surface area contributed by atoms with Crippen molar-refractivity contribution < 1.29 is 38.7 Å². The van der Waals surface area contributed by atoms with E-state index in [-0.39, 0.29) is 25.5 Å². The van der Waals surface area contributed by atoms with Gasteiger partial charge in [-0.25, -0.2) is 0 Å². The number of nitrogens with two attached hydrogens (primary N) is 2. The average Bonchev–Trinajstić information content (AvgIpc) is 3.60. The number of hydrogen-bond acceptors (Lipinski definition) is 8. The van der Waals surface area contributed by atoms with E-state index in [0.717, 1.165) is 0 Å². The second-order valence-electron chi connectivity index (χ2n) is 10.1. The summed E-state index contributed by atoms with van der Waals surface area (Å²) in [6, 6.07) is -4.32. The van der Waals surface area contributed by atoms with Crippen molar-refractivity contribution in [1.82, 2.24) is 31.1 Å². The van der Waals surface area contributed by atoms with Gasteiger partial charge in [0, 0.05) is 19.6 Å². The van der Waals surface area contributed by atoms with Crippen molar-refractivity contribution in [2.24, 2.45) is 16.5 Å². The van der Waals surface area contributed by atoms with Crippen LogP contribution in [0.5, 0.6) is 0 Å². The van der Waals surface area contributed by atoms with Gasteiger partial charge in [0.1, 0.15) is 24.2 Å². The molecule has 3 saturated heterocycles. The van der Waals surface area contributed by atoms with Gasteiger partial charge in [-0.2, -0.15) is 0 Å². The van der Waals surface area contributed by atoms with Gasteiger partial charge in [0.05, 0.1) is 19.5 Å². The summed E-state index contributed by atoms with van der Waals surface area (Å²) >= 11 is 0. The molecular weight excluding hydrogens is 542 g/mol. The zero-order valence-electron chi connectivity index (χ0n) is 22.6. The minimum absolute atomic E-state index is 0.103. The topological polar surface area (TPSA) is 259 Å². The fourth-order valence-electron chi connectivity index (χ4n) is 5.16. The van der Waals surface area contributed by atoms with E-state index in [1.54, 1.807) is 0 Å². The van der Waals surface area contributed by atoms with Crippen molar-refractivity contribution in [3.05, 3.63) is 0 Å². The molecule has 0 aromatic heterocycles. The highest BCUT2D eigenvalue weighted by atomic mass is 16.4. The molecule has 3 rings (SSSR count). The molecule has 17 nitrogen and oxygen atoms in total. The Kier molecular flexibility index (Phi) is 10.8. The minimum atomic E-state index is -1.53. The lowest BCUT2D eigenvalue weighted by atomic mass is 10.1. The first-order valence-corrected chi connectivity index (χ1v) is 13.5. The summed E-state index contributed by atoms with van der Waals surface area (Å²) in [6.07, 6.45) is 1.45. The van der Waals surface area contributed by atoms with E-state index >= 15 is 0 Å². The summed E-state index contributed by atoms with van der Waals surface area (Å²) in [5.41, 5.74) is 10.7. The van der Waals surface area contributed by atoms with E-state index in [2.05, 4.69) is 26.3 Å². The highest BCUT2D eigenvalue weighted by Gasteiger charge is 2.42. The Labute approximate surface area is 235 Å². The molecular formula is C24H37N9O8. The second-order valence-corrected chi connectivity index (χ2v) is 10.1. The lowest BCUT2D eigenvalue weighted by Crippen LogP contribution is -2.58. The Morgan fingerprint density at radius 2 is 1.49 bits per heavy atom. The lowest BCUT2D eigenvalue weighted by molar-refractivity contribution is -0.147. The summed E-state index contributed by atoms with van der Waals surface area (Å²) in [7, 11) is 0. The fourth-order valence-corrected chi connectivity index (χ4v) is 5.16. The SMILES string of the molecule is NC(N)=NCCC[C@H]1NC(=O)[C@@H]2CCCN2C(=O)[C@H]2CCCN2C(=O)CNC(=O)[C@@H](CC(=O)O)NC(=O)CNC1=O. The maximum absolute atomic E-state index is 13.5. The predicted molar refractivity (Wildman–Crippen MR) is 142 cm³/mol. The van der Waals surface area contributed by atoms with Gasteiger partial charge in [0.15, 0.2) is 5.96 Å². The van der Waals surface area contributed by atoms with E-state index in [1.807, 2.05) is 0 Å². The smallest absolute Gasteiger partial charge is 0.305 e. The number of carboxylic acids is 1. The zero-order chi connectivity index (χ0) is 30.1. The summed E-state index contributed by atoms with van der Waals surface area (Å²) < 4.78 is 0. The molecule has 3 fully saturated rings. The maximum Gasteiger partial charge on any atom is 0.305 e. The highest BCUT2D eigenvalue weighted by Crippen LogP contribution is 2.25. The van der Waals surface area contributed by atoms with Crippen LogP contribution in [0.1, 0.15) is 44.9 Å². The van der Waals surface area contributed by atoms with Crippen LogP contribution in [0.15, 0.2) is 4.99 Å². The van der Waals surface area contributed by atoms with E-state index in [4.69, 9.17) is 11.5 Å². The number of amides is 6. The molecule has 6 amide bonds. The third kappa shape index (κ3) is 8.52. The molecule has 0 aromatic rings. The van der Waals surface area contributed by atoms with Gasteiger partial charge in [0.2, 0.25) is 35.4 Å². The summed E-state index contributed by atoms with van der Waals surface area (Å²) in [5, 5.41) is 18.8. The summed E-state index contributed by atoms with van der Waals surface area (Å²) in [6.45, 7) is -0.399. The van der Waals surface area contributed by atoms with Crippen molar-refractivity contribution in [1.29, 1.82) is 0 Å². The lowest BCUT2D eigenvalue weighted by Gasteiger charge is -2.32. The van der Waals surface area contributed by atoms with Crippen molar-refractivity contribution in [2.75, 3.05) is 32.7 Å². The number of guanidine groups is 1. The normalized spacial score (nSPS) is 26.5. The first-order valence-electron chi connectivity index (χ1n) is 13.5. The van der Waals surface area contributed by atoms with Crippen LogP contribution in [0.25, 0.3) is 0 Å². The van der Waals surface area contributed by atoms with Crippen LogP contribution in [-0.2, 0) is 33.6 Å². The first-order chi connectivity index (χ1) is 19.5. The number of aliphatic carboxylic acids is 1. The minimum Gasteiger partial charge on any atom is -0.481 e. The Bertz CT molecular complexity index is 1090. The number of carboxylic acid groups (broad SMARTS) is 1. The number of fused-ring (bicyclic) bond motifs is 2. The Morgan fingerprint density at radius 3 is 2.17 bits per heavy atom. The fraction of sp³-hybridized carbons (Fsp3) is 0.667. The van der Waals surface area contributed by atoms with Crippen LogP contribution < -0.4 is 32.7 Å². The van der Waals surface area contributed by atoms with Gasteiger partial charge in [-0.05, 0) is 38.5 Å². The number of rotatable bonds is 6. The molecule has 3 heterocycles. The molecule has 0 aliphatic carbocycles. The molecule has 0 saturated carbocycles. The zero-order valence-corrected chi connectivity index (χ0v) is 22.6. The molecule has 17 heteroatoms. The highest BCUT2D eigenvalue weighted by molar-refractivity contribution is 5.97. The van der Waals surface area contributed by atoms with E-state index in [9.17, 15) is 38.7 Å². The number of aliphatic imine (C=N–C) groups is 1. The molecule has 3 aliphatic heterocycles. The summed E-state index contributed by atoms with van der Waals surface area (Å²) in [4.78, 5) is 95.9. The van der Waals surface area contributed by atoms with Gasteiger partial charge in [0.25, 0.3) is 0 Å². The van der Waals surface area contributed by atoms with E-state index < -0.39 is 85.1 Å². The van der Waals surface area contributed by atoms with Gasteiger partial charge in [-0.15, -0.1) is 0 Å². The van der Waals surface area contributed by atoms with Crippen LogP contribution in [0, 0.1) is 0 Å². The third-order valence-electron chi connectivity index (χ3n) is 7.14. The van der Waals surface area contributed by atoms with Crippen LogP contribution in [0.2, 0.25) is 0 Å². The molecule has 3 aliphatic rings. The number of hydrogen-bond donors (Lipinski definition) is 7. The second kappa shape index (κ2) is 14.3. The van der Waals surface area contributed by atoms with Crippen LogP contribution in [-0.4, -0.2) is 119 Å². The Morgan fingerprint density at radius 1 is 0.854 bits per heavy atom. The van der Waals surface area contributed by atoms with Crippen molar-refractivity contribution in [2.45, 2.75) is 69.1 Å². The molecule has 0 unspecified atom stereocenters. The first kappa shape index (κ1) is 31.1. The molecule has 4 atom stereocenters. The van der Waals surface area contributed by atoms with Crippen LogP contribution in [0.3, 0.4) is 0 Å². The molecule has 0 bridgehead atoms. The van der Waals surface area contributed by atoms with Crippen LogP contribution >= 0.6 is 0 Å². The van der Waals surface area contributed by atoms with Crippen LogP contribution in [0.4, 0.5) is 0 Å². The van der Waals surface area contributed by atoms with Crippen molar-refractivity contribution in [3.8, 4) is 0 Å². The summed E-state index contributed by atoms with van der Waals surface area (Å²) in [5.74, 6) is -5.49. The van der Waals surface area contributed by atoms with E-state index in [1.165, 1.54) is 9.80 Å². The monoisotopic (exact) mass is 579 g/mol. The number of nitrogens with zero attached hydrogens (tertiary/aromatic N) is 3. The molecule has 0 aromatic carbocycles. The Hall–Kier alpha value is -4.44. The number of nitrogens with one attached hydrogen (secondary N) is 4. The van der Waals surface area contributed by atoms with Crippen molar-refractivity contribution >= 4 is 47.4 Å². The number of carbonyl (C=O) groups excluding carboxylic acids is 6. The Balaban J connectivity index is 1.86. The molecule has 0 spiro atoms. The van der Waals surface area contributed by atoms with E-state index in [0.29, 0.717) is 38.6 Å². The largest absolute Gasteiger partial charge is 0.481 e.